The Kier molecular flexibility index (Phi) is 3.77. The molecule has 0 saturated heterocycles. The van der Waals surface area contributed by atoms with Crippen molar-refractivity contribution in [1.29, 1.82) is 0 Å². The molecule has 0 spiro atoms. The predicted molar refractivity (Wildman–Crippen MR) is 83.6 cm³/mol. The van der Waals surface area contributed by atoms with Gasteiger partial charge in [0.05, 0.1) is 12.2 Å². The first-order valence-electron chi connectivity index (χ1n) is 7.09. The van der Waals surface area contributed by atoms with Crippen molar-refractivity contribution in [3.63, 3.8) is 0 Å². The summed E-state index contributed by atoms with van der Waals surface area (Å²) in [5.74, 6) is 0.940. The molecule has 0 bridgehead atoms. The summed E-state index contributed by atoms with van der Waals surface area (Å²) >= 11 is 0. The summed E-state index contributed by atoms with van der Waals surface area (Å²) < 4.78 is 0. The second kappa shape index (κ2) is 5.71. The first kappa shape index (κ1) is 13.9. The third kappa shape index (κ3) is 2.99. The van der Waals surface area contributed by atoms with E-state index < -0.39 is 0 Å². The Morgan fingerprint density at radius 3 is 3.00 bits per heavy atom. The summed E-state index contributed by atoms with van der Waals surface area (Å²) in [6.07, 6.45) is 2.59. The van der Waals surface area contributed by atoms with Crippen LogP contribution < -0.4 is 15.7 Å². The van der Waals surface area contributed by atoms with Gasteiger partial charge in [-0.15, -0.1) is 0 Å². The molecule has 0 aliphatic carbocycles. The van der Waals surface area contributed by atoms with Crippen LogP contribution in [0.25, 0.3) is 0 Å². The van der Waals surface area contributed by atoms with E-state index in [0.717, 1.165) is 30.0 Å². The molecule has 0 amide bonds. The van der Waals surface area contributed by atoms with E-state index in [4.69, 9.17) is 5.73 Å². The van der Waals surface area contributed by atoms with Crippen LogP contribution in [0.1, 0.15) is 11.1 Å². The van der Waals surface area contributed by atoms with Crippen molar-refractivity contribution in [2.75, 3.05) is 23.6 Å². The van der Waals surface area contributed by atoms with E-state index in [0.29, 0.717) is 6.54 Å². The van der Waals surface area contributed by atoms with E-state index in [1.165, 1.54) is 10.6 Å². The van der Waals surface area contributed by atoms with Gasteiger partial charge in [-0.1, -0.05) is 18.2 Å². The molecular formula is C16H20N4O. The molecule has 21 heavy (non-hydrogen) atoms. The highest BCUT2D eigenvalue weighted by molar-refractivity contribution is 5.56. The number of nitrogens with zero attached hydrogens (tertiary/aromatic N) is 3. The summed E-state index contributed by atoms with van der Waals surface area (Å²) in [4.78, 5) is 6.44. The first-order chi connectivity index (χ1) is 10.1. The van der Waals surface area contributed by atoms with Gasteiger partial charge in [-0.2, -0.15) is 0 Å². The molecule has 3 rings (SSSR count). The number of hydroxylamine groups is 1. The van der Waals surface area contributed by atoms with Crippen LogP contribution in [-0.2, 0) is 13.0 Å². The molecule has 2 aromatic rings. The molecule has 110 valence electrons. The highest BCUT2D eigenvalue weighted by Crippen LogP contribution is 2.27. The molecule has 2 heterocycles. The standard InChI is InChI=1S/C16H20N4O/c1-19(16-4-2-3-7-18-16)10-12-5-6-15-13(8-12)9-14(17)11-20(15)21/h2-8,14,21H,9-11,17H2,1H3/t14-/m0/s1. The SMILES string of the molecule is CN(Cc1ccc2c(c1)C[C@H](N)CN2O)c1ccccn1. The van der Waals surface area contributed by atoms with Gasteiger partial charge in [0.1, 0.15) is 5.82 Å². The highest BCUT2D eigenvalue weighted by Gasteiger charge is 2.21. The molecule has 1 aromatic heterocycles. The largest absolute Gasteiger partial charge is 0.355 e. The van der Waals surface area contributed by atoms with Crippen molar-refractivity contribution >= 4 is 11.5 Å². The number of benzene rings is 1. The second-order valence-corrected chi connectivity index (χ2v) is 5.55. The summed E-state index contributed by atoms with van der Waals surface area (Å²) in [5, 5.41) is 11.2. The average molecular weight is 284 g/mol. The van der Waals surface area contributed by atoms with Crippen molar-refractivity contribution in [3.8, 4) is 0 Å². The molecule has 0 fully saturated rings. The molecule has 5 nitrogen and oxygen atoms in total. The minimum atomic E-state index is -0.0220. The van der Waals surface area contributed by atoms with Crippen molar-refractivity contribution in [2.45, 2.75) is 19.0 Å². The van der Waals surface area contributed by atoms with Crippen LogP contribution in [0.4, 0.5) is 11.5 Å². The van der Waals surface area contributed by atoms with Gasteiger partial charge in [-0.05, 0) is 35.7 Å². The normalized spacial score (nSPS) is 17.5. The summed E-state index contributed by atoms with van der Waals surface area (Å²) in [5.41, 5.74) is 9.11. The molecule has 1 aliphatic heterocycles. The number of anilines is 2. The number of rotatable bonds is 3. The van der Waals surface area contributed by atoms with Gasteiger partial charge >= 0.3 is 0 Å². The number of aromatic nitrogens is 1. The smallest absolute Gasteiger partial charge is 0.128 e. The fourth-order valence-corrected chi connectivity index (χ4v) is 2.75. The maximum Gasteiger partial charge on any atom is 0.128 e. The molecule has 1 atom stereocenters. The van der Waals surface area contributed by atoms with Gasteiger partial charge in [0.15, 0.2) is 0 Å². The van der Waals surface area contributed by atoms with Gasteiger partial charge in [0.25, 0.3) is 0 Å². The summed E-state index contributed by atoms with van der Waals surface area (Å²) in [6.45, 7) is 1.26. The Morgan fingerprint density at radius 1 is 1.38 bits per heavy atom. The Labute approximate surface area is 124 Å². The minimum Gasteiger partial charge on any atom is -0.355 e. The van der Waals surface area contributed by atoms with Crippen molar-refractivity contribution in [2.24, 2.45) is 5.73 Å². The fraction of sp³-hybridized carbons (Fsp3) is 0.312. The number of hydrogen-bond acceptors (Lipinski definition) is 5. The monoisotopic (exact) mass is 284 g/mol. The number of hydrogen-bond donors (Lipinski definition) is 2. The second-order valence-electron chi connectivity index (χ2n) is 5.55. The van der Waals surface area contributed by atoms with Crippen LogP contribution in [0.5, 0.6) is 0 Å². The lowest BCUT2D eigenvalue weighted by Gasteiger charge is -2.30. The van der Waals surface area contributed by atoms with Crippen LogP contribution >= 0.6 is 0 Å². The quantitative estimate of drug-likeness (QED) is 0.899. The lowest BCUT2D eigenvalue weighted by atomic mass is 9.97. The summed E-state index contributed by atoms with van der Waals surface area (Å²) in [6, 6.07) is 12.0. The van der Waals surface area contributed by atoms with Crippen molar-refractivity contribution in [3.05, 3.63) is 53.7 Å². The molecular weight excluding hydrogens is 264 g/mol. The maximum atomic E-state index is 9.92. The van der Waals surface area contributed by atoms with Gasteiger partial charge in [0.2, 0.25) is 0 Å². The zero-order valence-corrected chi connectivity index (χ0v) is 12.1. The van der Waals surface area contributed by atoms with E-state index in [1.807, 2.05) is 37.4 Å². The third-order valence-corrected chi connectivity index (χ3v) is 3.77. The Balaban J connectivity index is 1.80. The van der Waals surface area contributed by atoms with Gasteiger partial charge in [-0.3, -0.25) is 10.3 Å². The van der Waals surface area contributed by atoms with Crippen LogP contribution in [0, 0.1) is 0 Å². The minimum absolute atomic E-state index is 0.0220. The fourth-order valence-electron chi connectivity index (χ4n) is 2.75. The zero-order valence-electron chi connectivity index (χ0n) is 12.1. The van der Waals surface area contributed by atoms with Crippen molar-refractivity contribution < 1.29 is 5.21 Å². The van der Waals surface area contributed by atoms with Crippen LogP contribution in [0.2, 0.25) is 0 Å². The lowest BCUT2D eigenvalue weighted by Crippen LogP contribution is -2.41. The van der Waals surface area contributed by atoms with E-state index in [-0.39, 0.29) is 6.04 Å². The Bertz CT molecular complexity index is 617. The van der Waals surface area contributed by atoms with E-state index in [2.05, 4.69) is 16.0 Å². The molecule has 1 aliphatic rings. The summed E-state index contributed by atoms with van der Waals surface area (Å²) in [7, 11) is 2.02. The molecule has 0 saturated carbocycles. The average Bonchev–Trinajstić information content (AvgIpc) is 2.47. The molecule has 3 N–H and O–H groups in total. The van der Waals surface area contributed by atoms with E-state index >= 15 is 0 Å². The van der Waals surface area contributed by atoms with E-state index in [1.54, 1.807) is 6.20 Å². The zero-order chi connectivity index (χ0) is 14.8. The topological polar surface area (TPSA) is 65.6 Å². The number of fused-ring (bicyclic) bond motifs is 1. The van der Waals surface area contributed by atoms with Gasteiger partial charge < -0.3 is 10.6 Å². The van der Waals surface area contributed by atoms with Crippen molar-refractivity contribution in [1.82, 2.24) is 4.98 Å². The van der Waals surface area contributed by atoms with Gasteiger partial charge in [-0.25, -0.2) is 4.98 Å². The number of nitrogens with two attached hydrogens (primary N) is 1. The molecule has 1 aromatic carbocycles. The molecule has 0 unspecified atom stereocenters. The first-order valence-corrected chi connectivity index (χ1v) is 7.09. The van der Waals surface area contributed by atoms with Crippen LogP contribution in [-0.4, -0.2) is 29.8 Å². The van der Waals surface area contributed by atoms with Crippen LogP contribution in [0.15, 0.2) is 42.6 Å². The highest BCUT2D eigenvalue weighted by atomic mass is 16.5. The van der Waals surface area contributed by atoms with Gasteiger partial charge in [0, 0.05) is 25.8 Å². The molecule has 5 heteroatoms. The Morgan fingerprint density at radius 2 is 2.24 bits per heavy atom. The predicted octanol–water partition coefficient (Wildman–Crippen LogP) is 1.80. The van der Waals surface area contributed by atoms with E-state index in [9.17, 15) is 5.21 Å². The lowest BCUT2D eigenvalue weighted by molar-refractivity contribution is 0.238. The molecule has 0 radical (unpaired) electrons. The Hall–Kier alpha value is -2.11. The number of pyridine rings is 1. The van der Waals surface area contributed by atoms with Crippen LogP contribution in [0.3, 0.4) is 0 Å². The maximum absolute atomic E-state index is 9.92. The third-order valence-electron chi connectivity index (χ3n) is 3.77.